The summed E-state index contributed by atoms with van der Waals surface area (Å²) < 4.78 is 49.3. The number of hydrogen-bond acceptors (Lipinski definition) is 5. The van der Waals surface area contributed by atoms with Crippen molar-refractivity contribution in [1.29, 1.82) is 0 Å². The first-order chi connectivity index (χ1) is 9.30. The van der Waals surface area contributed by atoms with Gasteiger partial charge in [-0.2, -0.15) is 0 Å². The van der Waals surface area contributed by atoms with Crippen molar-refractivity contribution in [2.45, 2.75) is 6.42 Å². The van der Waals surface area contributed by atoms with Gasteiger partial charge in [0.1, 0.15) is 0 Å². The molecule has 1 aliphatic rings. The summed E-state index contributed by atoms with van der Waals surface area (Å²) >= 11 is 0. The number of hydrogen-bond donors (Lipinski definition) is 1. The molecule has 9 heteroatoms. The van der Waals surface area contributed by atoms with Crippen LogP contribution in [0.1, 0.15) is 6.42 Å². The van der Waals surface area contributed by atoms with Gasteiger partial charge in [0.15, 0.2) is 27.2 Å². The molecular formula is C11H12F2N2O4S. The van der Waals surface area contributed by atoms with Crippen LogP contribution in [0, 0.1) is 27.7 Å². The molecule has 0 saturated carbocycles. The van der Waals surface area contributed by atoms with Crippen LogP contribution in [0.3, 0.4) is 0 Å². The molecule has 1 saturated heterocycles. The average Bonchev–Trinajstić information content (AvgIpc) is 2.70. The minimum atomic E-state index is -3.09. The zero-order valence-corrected chi connectivity index (χ0v) is 11.1. The van der Waals surface area contributed by atoms with E-state index < -0.39 is 37.8 Å². The van der Waals surface area contributed by atoms with Crippen LogP contribution in [-0.4, -0.2) is 31.4 Å². The third kappa shape index (κ3) is 3.03. The third-order valence-electron chi connectivity index (χ3n) is 3.16. The van der Waals surface area contributed by atoms with Crippen LogP contribution in [0.15, 0.2) is 12.1 Å². The van der Waals surface area contributed by atoms with Crippen LogP contribution in [0.4, 0.5) is 20.2 Å². The number of nitro groups is 1. The molecule has 1 heterocycles. The van der Waals surface area contributed by atoms with Gasteiger partial charge < -0.3 is 5.32 Å². The molecule has 1 N–H and O–H groups in total. The SMILES string of the molecule is O=[N+]([O-])c1ccc(F)c(F)c1NCC1CCS(=O)(=O)C1. The first kappa shape index (κ1) is 14.6. The van der Waals surface area contributed by atoms with E-state index in [2.05, 4.69) is 5.32 Å². The van der Waals surface area contributed by atoms with Gasteiger partial charge in [-0.05, 0) is 18.4 Å². The highest BCUT2D eigenvalue weighted by atomic mass is 32.2. The lowest BCUT2D eigenvalue weighted by Crippen LogP contribution is -2.17. The highest BCUT2D eigenvalue weighted by Gasteiger charge is 2.29. The maximum absolute atomic E-state index is 13.6. The van der Waals surface area contributed by atoms with E-state index in [0.717, 1.165) is 6.07 Å². The standard InChI is InChI=1S/C11H12F2N2O4S/c12-8-1-2-9(15(16)17)11(10(8)13)14-5-7-3-4-20(18,19)6-7/h1-2,7,14H,3-6H2. The predicted molar refractivity (Wildman–Crippen MR) is 68.3 cm³/mol. The molecule has 1 aromatic carbocycles. The summed E-state index contributed by atoms with van der Waals surface area (Å²) in [6, 6.07) is 1.55. The van der Waals surface area contributed by atoms with Crippen LogP contribution < -0.4 is 5.32 Å². The van der Waals surface area contributed by atoms with Gasteiger partial charge in [0.2, 0.25) is 0 Å². The minimum absolute atomic E-state index is 0.0421. The first-order valence-corrected chi connectivity index (χ1v) is 7.69. The predicted octanol–water partition coefficient (Wildman–Crippen LogP) is 1.72. The minimum Gasteiger partial charge on any atom is -0.377 e. The highest BCUT2D eigenvalue weighted by Crippen LogP contribution is 2.30. The van der Waals surface area contributed by atoms with Gasteiger partial charge >= 0.3 is 0 Å². The van der Waals surface area contributed by atoms with Gasteiger partial charge in [0.25, 0.3) is 5.69 Å². The summed E-state index contributed by atoms with van der Waals surface area (Å²) in [4.78, 5) is 9.94. The Balaban J connectivity index is 2.17. The van der Waals surface area contributed by atoms with Gasteiger partial charge in [0, 0.05) is 12.6 Å². The lowest BCUT2D eigenvalue weighted by atomic mass is 10.1. The summed E-state index contributed by atoms with van der Waals surface area (Å²) in [5.41, 5.74) is -1.12. The van der Waals surface area contributed by atoms with E-state index in [1.165, 1.54) is 0 Å². The number of benzene rings is 1. The lowest BCUT2D eigenvalue weighted by molar-refractivity contribution is -0.384. The second kappa shape index (κ2) is 5.31. The molecule has 0 aliphatic carbocycles. The topological polar surface area (TPSA) is 89.3 Å². The second-order valence-electron chi connectivity index (χ2n) is 4.66. The summed E-state index contributed by atoms with van der Waals surface area (Å²) in [6.07, 6.45) is 0.403. The molecule has 110 valence electrons. The molecule has 0 bridgehead atoms. The number of halogens is 2. The fourth-order valence-electron chi connectivity index (χ4n) is 2.14. The Morgan fingerprint density at radius 3 is 2.65 bits per heavy atom. The van der Waals surface area contributed by atoms with Crippen molar-refractivity contribution < 1.29 is 22.1 Å². The van der Waals surface area contributed by atoms with E-state index in [-0.39, 0.29) is 24.0 Å². The van der Waals surface area contributed by atoms with Crippen molar-refractivity contribution in [1.82, 2.24) is 0 Å². The Hall–Kier alpha value is -1.77. The van der Waals surface area contributed by atoms with Crippen LogP contribution >= 0.6 is 0 Å². The maximum Gasteiger partial charge on any atom is 0.295 e. The molecule has 1 aromatic rings. The van der Waals surface area contributed by atoms with E-state index in [4.69, 9.17) is 0 Å². The number of rotatable bonds is 4. The Morgan fingerprint density at radius 1 is 1.40 bits per heavy atom. The third-order valence-corrected chi connectivity index (χ3v) is 5.00. The lowest BCUT2D eigenvalue weighted by Gasteiger charge is -2.12. The van der Waals surface area contributed by atoms with Crippen LogP contribution in [0.2, 0.25) is 0 Å². The van der Waals surface area contributed by atoms with Crippen molar-refractivity contribution in [3.05, 3.63) is 33.9 Å². The number of nitrogens with zero attached hydrogens (tertiary/aromatic N) is 1. The summed E-state index contributed by atoms with van der Waals surface area (Å²) in [5, 5.41) is 13.2. The van der Waals surface area contributed by atoms with Gasteiger partial charge in [-0.15, -0.1) is 0 Å². The van der Waals surface area contributed by atoms with Crippen molar-refractivity contribution in [2.75, 3.05) is 23.4 Å². The Bertz CT molecular complexity index is 648. The van der Waals surface area contributed by atoms with E-state index >= 15 is 0 Å². The van der Waals surface area contributed by atoms with Crippen molar-refractivity contribution in [3.8, 4) is 0 Å². The first-order valence-electron chi connectivity index (χ1n) is 5.87. The number of nitrogens with one attached hydrogen (secondary N) is 1. The molecule has 1 atom stereocenters. The summed E-state index contributed by atoms with van der Waals surface area (Å²) in [7, 11) is -3.09. The van der Waals surface area contributed by atoms with E-state index in [1.807, 2.05) is 0 Å². The normalized spacial score (nSPS) is 20.8. The maximum atomic E-state index is 13.6. The molecule has 1 fully saturated rings. The number of anilines is 1. The quantitative estimate of drug-likeness (QED) is 0.676. The van der Waals surface area contributed by atoms with Gasteiger partial charge in [-0.1, -0.05) is 0 Å². The van der Waals surface area contributed by atoms with E-state index in [9.17, 15) is 27.3 Å². The van der Waals surface area contributed by atoms with Gasteiger partial charge in [-0.3, -0.25) is 10.1 Å². The number of sulfone groups is 1. The fourth-order valence-corrected chi connectivity index (χ4v) is 4.00. The summed E-state index contributed by atoms with van der Waals surface area (Å²) in [6.45, 7) is 0.0421. The molecule has 0 amide bonds. The van der Waals surface area contributed by atoms with Crippen molar-refractivity contribution >= 4 is 21.2 Å². The van der Waals surface area contributed by atoms with Crippen LogP contribution in [-0.2, 0) is 9.84 Å². The van der Waals surface area contributed by atoms with Crippen LogP contribution in [0.5, 0.6) is 0 Å². The molecule has 0 spiro atoms. The molecule has 1 unspecified atom stereocenters. The van der Waals surface area contributed by atoms with Gasteiger partial charge in [-0.25, -0.2) is 17.2 Å². The molecule has 0 radical (unpaired) electrons. The number of nitro benzene ring substituents is 1. The molecule has 0 aromatic heterocycles. The molecule has 6 nitrogen and oxygen atoms in total. The molecule has 20 heavy (non-hydrogen) atoms. The van der Waals surface area contributed by atoms with Crippen molar-refractivity contribution in [2.24, 2.45) is 5.92 Å². The fraction of sp³-hybridized carbons (Fsp3) is 0.455. The second-order valence-corrected chi connectivity index (χ2v) is 6.89. The largest absolute Gasteiger partial charge is 0.377 e. The zero-order valence-electron chi connectivity index (χ0n) is 10.3. The Morgan fingerprint density at radius 2 is 2.10 bits per heavy atom. The molecule has 1 aliphatic heterocycles. The monoisotopic (exact) mass is 306 g/mol. The van der Waals surface area contributed by atoms with E-state index in [0.29, 0.717) is 12.5 Å². The highest BCUT2D eigenvalue weighted by molar-refractivity contribution is 7.91. The average molecular weight is 306 g/mol. The molecule has 2 rings (SSSR count). The van der Waals surface area contributed by atoms with Gasteiger partial charge in [0.05, 0.1) is 16.4 Å². The van der Waals surface area contributed by atoms with Crippen molar-refractivity contribution in [3.63, 3.8) is 0 Å². The Labute approximate surface area is 113 Å². The van der Waals surface area contributed by atoms with E-state index in [1.54, 1.807) is 0 Å². The van der Waals surface area contributed by atoms with Crippen LogP contribution in [0.25, 0.3) is 0 Å². The zero-order chi connectivity index (χ0) is 14.9. The summed E-state index contributed by atoms with van der Waals surface area (Å²) in [5.74, 6) is -2.79. The Kier molecular flexibility index (Phi) is 3.89. The molecular weight excluding hydrogens is 294 g/mol. The smallest absolute Gasteiger partial charge is 0.295 e.